The van der Waals surface area contributed by atoms with E-state index in [4.69, 9.17) is 0 Å². The van der Waals surface area contributed by atoms with E-state index < -0.39 is 28.8 Å². The molecule has 0 unspecified atom stereocenters. The van der Waals surface area contributed by atoms with Crippen molar-refractivity contribution in [1.82, 2.24) is 5.32 Å². The van der Waals surface area contributed by atoms with Crippen LogP contribution in [-0.4, -0.2) is 27.9 Å². The Balaban J connectivity index is 1.50. The van der Waals surface area contributed by atoms with Gasteiger partial charge in [-0.15, -0.1) is 0 Å². The average Bonchev–Trinajstić information content (AvgIpc) is 3.33. The average molecular weight is 553 g/mol. The largest absolute Gasteiger partial charge is 0.506 e. The first-order valence-corrected chi connectivity index (χ1v) is 12.3. The number of carbonyl (C=O) groups excluding carboxylic acids is 3. The van der Waals surface area contributed by atoms with Gasteiger partial charge in [0.05, 0.1) is 21.8 Å². The fourth-order valence-electron chi connectivity index (χ4n) is 4.07. The molecule has 39 heavy (non-hydrogen) atoms. The van der Waals surface area contributed by atoms with Crippen LogP contribution in [0.1, 0.15) is 27.8 Å². The number of imide groups is 1. The molecule has 3 aromatic carbocycles. The van der Waals surface area contributed by atoms with Crippen LogP contribution < -0.4 is 15.6 Å². The van der Waals surface area contributed by atoms with E-state index in [0.29, 0.717) is 11.3 Å². The van der Waals surface area contributed by atoms with Crippen LogP contribution in [0, 0.1) is 13.8 Å². The summed E-state index contributed by atoms with van der Waals surface area (Å²) >= 11 is 0.732. The van der Waals surface area contributed by atoms with Crippen LogP contribution in [0.15, 0.2) is 64.6 Å². The summed E-state index contributed by atoms with van der Waals surface area (Å²) < 4.78 is 40.5. The second-order valence-corrected chi connectivity index (χ2v) is 9.85. The van der Waals surface area contributed by atoms with E-state index in [1.54, 1.807) is 24.3 Å². The number of halogens is 3. The minimum absolute atomic E-state index is 0.0340. The fourth-order valence-corrected chi connectivity index (χ4v) is 4.76. The lowest BCUT2D eigenvalue weighted by Crippen LogP contribution is -2.26. The second kappa shape index (κ2) is 9.62. The zero-order valence-corrected chi connectivity index (χ0v) is 21.2. The SMILES string of the molecule is Cc1ccc(N2C(=O)/C(=N\Nc3ccc(/C=C4/SC(=O)NC4=O)cc3O)c3ccc(C(F)(F)F)cc32)cc1C. The van der Waals surface area contributed by atoms with Gasteiger partial charge in [-0.2, -0.15) is 18.3 Å². The highest BCUT2D eigenvalue weighted by molar-refractivity contribution is 8.18. The first-order valence-electron chi connectivity index (χ1n) is 11.5. The number of hydrogen-bond donors (Lipinski definition) is 3. The van der Waals surface area contributed by atoms with Gasteiger partial charge in [0.15, 0.2) is 5.71 Å². The molecule has 1 saturated heterocycles. The Morgan fingerprint density at radius 2 is 1.77 bits per heavy atom. The number of anilines is 3. The Kier molecular flexibility index (Phi) is 6.43. The Labute approximate surface area is 224 Å². The molecule has 0 radical (unpaired) electrons. The van der Waals surface area contributed by atoms with E-state index in [9.17, 15) is 32.7 Å². The minimum Gasteiger partial charge on any atom is -0.506 e. The topological polar surface area (TPSA) is 111 Å². The van der Waals surface area contributed by atoms with E-state index in [2.05, 4.69) is 15.8 Å². The highest BCUT2D eigenvalue weighted by atomic mass is 32.2. The molecule has 0 bridgehead atoms. The molecule has 2 aliphatic heterocycles. The second-order valence-electron chi connectivity index (χ2n) is 8.84. The van der Waals surface area contributed by atoms with Crippen molar-refractivity contribution in [3.8, 4) is 5.75 Å². The number of nitrogens with zero attached hydrogens (tertiary/aromatic N) is 2. The number of carbonyl (C=O) groups is 3. The van der Waals surface area contributed by atoms with Crippen LogP contribution >= 0.6 is 11.8 Å². The van der Waals surface area contributed by atoms with Gasteiger partial charge in [0.25, 0.3) is 17.1 Å². The molecule has 0 aromatic heterocycles. The molecule has 1 fully saturated rings. The van der Waals surface area contributed by atoms with E-state index >= 15 is 0 Å². The number of hydrogen-bond acceptors (Lipinski definition) is 7. The standard InChI is InChI=1S/C27H19F3N4O4S/c1-13-3-6-17(9-14(13)2)34-20-12-16(27(28,29)30)5-7-18(20)23(25(34)37)33-32-19-8-4-15(10-21(19)35)11-22-24(36)31-26(38)39-22/h3-12,32,35H,1-2H3,(H,31,36,38)/b22-11+,33-23-. The van der Waals surface area contributed by atoms with Crippen molar-refractivity contribution in [3.63, 3.8) is 0 Å². The first-order chi connectivity index (χ1) is 18.4. The number of aryl methyl sites for hydroxylation is 2. The van der Waals surface area contributed by atoms with Crippen molar-refractivity contribution in [3.05, 3.63) is 87.3 Å². The summed E-state index contributed by atoms with van der Waals surface area (Å²) in [5, 5.41) is 16.3. The number of phenolic OH excluding ortho intramolecular Hbond substituents is 1. The smallest absolute Gasteiger partial charge is 0.416 e. The van der Waals surface area contributed by atoms with Crippen LogP contribution in [0.5, 0.6) is 5.75 Å². The summed E-state index contributed by atoms with van der Waals surface area (Å²) in [6.07, 6.45) is -3.18. The zero-order chi connectivity index (χ0) is 28.1. The third-order valence-electron chi connectivity index (χ3n) is 6.23. The number of nitrogens with one attached hydrogen (secondary N) is 2. The quantitative estimate of drug-likeness (QED) is 0.213. The van der Waals surface area contributed by atoms with Gasteiger partial charge >= 0.3 is 6.18 Å². The normalized spacial score (nSPS) is 17.3. The number of fused-ring (bicyclic) bond motifs is 1. The highest BCUT2D eigenvalue weighted by Crippen LogP contribution is 2.41. The van der Waals surface area contributed by atoms with Crippen molar-refractivity contribution in [2.24, 2.45) is 5.10 Å². The maximum Gasteiger partial charge on any atom is 0.416 e. The number of aromatic hydroxyl groups is 1. The van der Waals surface area contributed by atoms with Gasteiger partial charge in [-0.3, -0.25) is 30.0 Å². The van der Waals surface area contributed by atoms with E-state index in [1.165, 1.54) is 29.2 Å². The third kappa shape index (κ3) is 4.98. The number of amides is 3. The summed E-state index contributed by atoms with van der Waals surface area (Å²) in [6, 6.07) is 12.4. The van der Waals surface area contributed by atoms with Crippen LogP contribution in [0.25, 0.3) is 6.08 Å². The number of hydrazone groups is 1. The lowest BCUT2D eigenvalue weighted by molar-refractivity contribution is -0.137. The van der Waals surface area contributed by atoms with Gasteiger partial charge in [0.2, 0.25) is 0 Å². The number of benzene rings is 3. The molecular weight excluding hydrogens is 533 g/mol. The molecule has 2 aliphatic rings. The summed E-state index contributed by atoms with van der Waals surface area (Å²) in [6.45, 7) is 3.72. The van der Waals surface area contributed by atoms with Crippen molar-refractivity contribution in [2.75, 3.05) is 10.3 Å². The maximum atomic E-state index is 13.5. The van der Waals surface area contributed by atoms with Crippen LogP contribution in [-0.2, 0) is 15.8 Å². The molecule has 0 atom stereocenters. The Hall–Kier alpha value is -4.58. The maximum absolute atomic E-state index is 13.5. The summed E-state index contributed by atoms with van der Waals surface area (Å²) in [5.41, 5.74) is 4.53. The Morgan fingerprint density at radius 1 is 1.00 bits per heavy atom. The molecule has 3 aromatic rings. The predicted octanol–water partition coefficient (Wildman–Crippen LogP) is 5.85. The molecule has 12 heteroatoms. The summed E-state index contributed by atoms with van der Waals surface area (Å²) in [4.78, 5) is 37.9. The lowest BCUT2D eigenvalue weighted by Gasteiger charge is -2.19. The van der Waals surface area contributed by atoms with Crippen LogP contribution in [0.4, 0.5) is 35.0 Å². The molecule has 2 heterocycles. The van der Waals surface area contributed by atoms with E-state index in [-0.39, 0.29) is 33.3 Å². The minimum atomic E-state index is -4.61. The van der Waals surface area contributed by atoms with Gasteiger partial charge < -0.3 is 5.11 Å². The summed E-state index contributed by atoms with van der Waals surface area (Å²) in [5.74, 6) is -1.46. The van der Waals surface area contributed by atoms with E-state index in [1.807, 2.05) is 13.8 Å². The zero-order valence-electron chi connectivity index (χ0n) is 20.4. The molecular formula is C27H19F3N4O4S. The number of alkyl halides is 3. The number of phenols is 1. The molecule has 0 saturated carbocycles. The molecule has 3 amide bonds. The Bertz CT molecular complexity index is 1630. The fraction of sp³-hybridized carbons (Fsp3) is 0.111. The van der Waals surface area contributed by atoms with Crippen molar-refractivity contribution < 1.29 is 32.7 Å². The number of thioether (sulfide) groups is 1. The Morgan fingerprint density at radius 3 is 2.41 bits per heavy atom. The third-order valence-corrected chi connectivity index (χ3v) is 7.04. The molecule has 8 nitrogen and oxygen atoms in total. The molecule has 198 valence electrons. The van der Waals surface area contributed by atoms with Crippen molar-refractivity contribution in [2.45, 2.75) is 20.0 Å². The van der Waals surface area contributed by atoms with Crippen molar-refractivity contribution >= 4 is 57.7 Å². The molecule has 0 spiro atoms. The van der Waals surface area contributed by atoms with Gasteiger partial charge in [-0.1, -0.05) is 12.1 Å². The first kappa shape index (κ1) is 26.0. The monoisotopic (exact) mass is 552 g/mol. The predicted molar refractivity (Wildman–Crippen MR) is 142 cm³/mol. The van der Waals surface area contributed by atoms with Crippen LogP contribution in [0.2, 0.25) is 0 Å². The number of rotatable bonds is 4. The highest BCUT2D eigenvalue weighted by Gasteiger charge is 2.39. The molecule has 0 aliphatic carbocycles. The van der Waals surface area contributed by atoms with Gasteiger partial charge in [-0.05, 0) is 90.8 Å². The molecule has 5 rings (SSSR count). The van der Waals surface area contributed by atoms with E-state index in [0.717, 1.165) is 35.0 Å². The van der Waals surface area contributed by atoms with Crippen LogP contribution in [0.3, 0.4) is 0 Å². The lowest BCUT2D eigenvalue weighted by atomic mass is 10.1. The summed E-state index contributed by atoms with van der Waals surface area (Å²) in [7, 11) is 0. The molecule has 3 N–H and O–H groups in total. The van der Waals surface area contributed by atoms with Gasteiger partial charge in [-0.25, -0.2) is 0 Å². The van der Waals surface area contributed by atoms with Crippen molar-refractivity contribution in [1.29, 1.82) is 0 Å². The van der Waals surface area contributed by atoms with Gasteiger partial charge in [0.1, 0.15) is 5.75 Å². The van der Waals surface area contributed by atoms with Gasteiger partial charge in [0, 0.05) is 11.3 Å².